The molecule has 0 aliphatic heterocycles. The Morgan fingerprint density at radius 1 is 0.955 bits per heavy atom. The molecule has 0 aliphatic carbocycles. The fourth-order valence-corrected chi connectivity index (χ4v) is 2.55. The van der Waals surface area contributed by atoms with Crippen LogP contribution >= 0.6 is 0 Å². The van der Waals surface area contributed by atoms with Gasteiger partial charge in [0, 0.05) is 12.1 Å². The molecule has 1 N–H and O–H groups in total. The molecule has 0 unspecified atom stereocenters. The van der Waals surface area contributed by atoms with Crippen LogP contribution in [0.15, 0.2) is 42.5 Å². The molecule has 0 saturated carbocycles. The van der Waals surface area contributed by atoms with Gasteiger partial charge < -0.3 is 5.32 Å². The monoisotopic (exact) mass is 299 g/mol. The summed E-state index contributed by atoms with van der Waals surface area (Å²) in [5.74, 6) is -0.322. The molecule has 2 aromatic rings. The van der Waals surface area contributed by atoms with Crippen LogP contribution in [0.4, 0.5) is 10.1 Å². The first kappa shape index (κ1) is 16.2. The molecule has 0 saturated heterocycles. The van der Waals surface area contributed by atoms with Crippen molar-refractivity contribution in [1.29, 1.82) is 0 Å². The van der Waals surface area contributed by atoms with Crippen LogP contribution in [0.25, 0.3) is 0 Å². The van der Waals surface area contributed by atoms with Crippen LogP contribution in [-0.4, -0.2) is 5.91 Å². The van der Waals surface area contributed by atoms with Crippen molar-refractivity contribution in [3.8, 4) is 0 Å². The van der Waals surface area contributed by atoms with Crippen molar-refractivity contribution in [3.63, 3.8) is 0 Å². The smallest absolute Gasteiger partial charge is 0.224 e. The van der Waals surface area contributed by atoms with E-state index < -0.39 is 0 Å². The zero-order chi connectivity index (χ0) is 15.9. The maximum atomic E-state index is 13.6. The fourth-order valence-electron chi connectivity index (χ4n) is 2.55. The van der Waals surface area contributed by atoms with Crippen LogP contribution in [0.3, 0.4) is 0 Å². The summed E-state index contributed by atoms with van der Waals surface area (Å²) >= 11 is 0. The Hall–Kier alpha value is -2.16. The highest BCUT2D eigenvalue weighted by molar-refractivity contribution is 5.92. The number of carbonyl (C=O) groups excluding carboxylic acids is 1. The zero-order valence-corrected chi connectivity index (χ0v) is 13.2. The second-order valence-electron chi connectivity index (χ2n) is 5.30. The second-order valence-corrected chi connectivity index (χ2v) is 5.30. The third-order valence-electron chi connectivity index (χ3n) is 3.84. The number of para-hydroxylation sites is 1. The molecular weight excluding hydrogens is 277 g/mol. The minimum atomic E-state index is -0.251. The number of hydrogen-bond acceptors (Lipinski definition) is 1. The number of rotatable bonds is 6. The number of aryl methyl sites for hydroxylation is 3. The van der Waals surface area contributed by atoms with E-state index in [1.54, 1.807) is 18.2 Å². The van der Waals surface area contributed by atoms with Crippen LogP contribution in [-0.2, 0) is 24.1 Å². The van der Waals surface area contributed by atoms with Crippen molar-refractivity contribution < 1.29 is 9.18 Å². The fraction of sp³-hybridized carbons (Fsp3) is 0.316. The van der Waals surface area contributed by atoms with Crippen molar-refractivity contribution in [2.24, 2.45) is 0 Å². The molecule has 0 spiro atoms. The standard InChI is InChI=1S/C19H22FNO/c1-3-14-9-7-10-15(4-2)19(14)21-18(22)13-12-16-8-5-6-11-17(16)20/h5-11H,3-4,12-13H2,1-2H3,(H,21,22). The average molecular weight is 299 g/mol. The maximum Gasteiger partial charge on any atom is 0.224 e. The van der Waals surface area contributed by atoms with Crippen LogP contribution in [0.2, 0.25) is 0 Å². The zero-order valence-electron chi connectivity index (χ0n) is 13.2. The van der Waals surface area contributed by atoms with Gasteiger partial charge in [-0.1, -0.05) is 50.2 Å². The Morgan fingerprint density at radius 2 is 1.55 bits per heavy atom. The van der Waals surface area contributed by atoms with Crippen LogP contribution in [0, 0.1) is 5.82 Å². The van der Waals surface area contributed by atoms with Gasteiger partial charge in [-0.05, 0) is 42.0 Å². The molecule has 22 heavy (non-hydrogen) atoms. The molecular formula is C19H22FNO. The van der Waals surface area contributed by atoms with Crippen LogP contribution < -0.4 is 5.32 Å². The van der Waals surface area contributed by atoms with E-state index in [9.17, 15) is 9.18 Å². The minimum absolute atomic E-state index is 0.0705. The number of carbonyl (C=O) groups is 1. The predicted octanol–water partition coefficient (Wildman–Crippen LogP) is 4.52. The number of hydrogen-bond donors (Lipinski definition) is 1. The Labute approximate surface area is 131 Å². The summed E-state index contributed by atoms with van der Waals surface area (Å²) in [6.45, 7) is 4.15. The lowest BCUT2D eigenvalue weighted by atomic mass is 10.0. The Balaban J connectivity index is 2.05. The molecule has 0 fully saturated rings. The van der Waals surface area contributed by atoms with Gasteiger partial charge >= 0.3 is 0 Å². The first-order valence-corrected chi connectivity index (χ1v) is 7.79. The van der Waals surface area contributed by atoms with Crippen LogP contribution in [0.1, 0.15) is 37.0 Å². The van der Waals surface area contributed by atoms with Crippen molar-refractivity contribution >= 4 is 11.6 Å². The second kappa shape index (κ2) is 7.74. The molecule has 0 heterocycles. The first-order chi connectivity index (χ1) is 10.7. The van der Waals surface area contributed by atoms with Crippen molar-refractivity contribution in [1.82, 2.24) is 0 Å². The minimum Gasteiger partial charge on any atom is -0.326 e. The highest BCUT2D eigenvalue weighted by atomic mass is 19.1. The Bertz CT molecular complexity index is 629. The summed E-state index contributed by atoms with van der Waals surface area (Å²) in [5.41, 5.74) is 3.78. The summed E-state index contributed by atoms with van der Waals surface area (Å²) in [5, 5.41) is 3.01. The van der Waals surface area contributed by atoms with E-state index >= 15 is 0 Å². The molecule has 0 aliphatic rings. The lowest BCUT2D eigenvalue weighted by molar-refractivity contribution is -0.116. The lowest BCUT2D eigenvalue weighted by Gasteiger charge is -2.14. The van der Waals surface area contributed by atoms with Gasteiger partial charge in [0.05, 0.1) is 0 Å². The molecule has 0 bridgehead atoms. The van der Waals surface area contributed by atoms with E-state index in [4.69, 9.17) is 0 Å². The summed E-state index contributed by atoms with van der Waals surface area (Å²) in [4.78, 5) is 12.2. The van der Waals surface area contributed by atoms with Crippen molar-refractivity contribution in [3.05, 3.63) is 65.0 Å². The SMILES string of the molecule is CCc1cccc(CC)c1NC(=O)CCc1ccccc1F. The van der Waals surface area contributed by atoms with E-state index in [1.807, 2.05) is 18.2 Å². The van der Waals surface area contributed by atoms with Gasteiger partial charge in [0.2, 0.25) is 5.91 Å². The van der Waals surface area contributed by atoms with Crippen molar-refractivity contribution in [2.75, 3.05) is 5.32 Å². The summed E-state index contributed by atoms with van der Waals surface area (Å²) < 4.78 is 13.6. The topological polar surface area (TPSA) is 29.1 Å². The molecule has 0 aromatic heterocycles. The molecule has 0 atom stereocenters. The average Bonchev–Trinajstić information content (AvgIpc) is 2.54. The van der Waals surface area contributed by atoms with Gasteiger partial charge in [0.25, 0.3) is 0 Å². The largest absolute Gasteiger partial charge is 0.326 e. The molecule has 3 heteroatoms. The molecule has 2 rings (SSSR count). The van der Waals surface area contributed by atoms with Gasteiger partial charge in [0.15, 0.2) is 0 Å². The number of nitrogens with one attached hydrogen (secondary N) is 1. The van der Waals surface area contributed by atoms with Crippen molar-refractivity contribution in [2.45, 2.75) is 39.5 Å². The van der Waals surface area contributed by atoms with Gasteiger partial charge in [0.1, 0.15) is 5.82 Å². The predicted molar refractivity (Wildman–Crippen MR) is 88.5 cm³/mol. The van der Waals surface area contributed by atoms with E-state index in [1.165, 1.54) is 6.07 Å². The Kier molecular flexibility index (Phi) is 5.70. The normalized spacial score (nSPS) is 10.5. The summed E-state index contributed by atoms with van der Waals surface area (Å²) in [7, 11) is 0. The van der Waals surface area contributed by atoms with Gasteiger partial charge in [-0.15, -0.1) is 0 Å². The maximum absolute atomic E-state index is 13.6. The van der Waals surface area contributed by atoms with Gasteiger partial charge in [-0.2, -0.15) is 0 Å². The van der Waals surface area contributed by atoms with E-state index in [0.29, 0.717) is 12.0 Å². The number of anilines is 1. The third-order valence-corrected chi connectivity index (χ3v) is 3.84. The first-order valence-electron chi connectivity index (χ1n) is 7.79. The molecule has 2 nitrogen and oxygen atoms in total. The quantitative estimate of drug-likeness (QED) is 0.834. The van der Waals surface area contributed by atoms with Gasteiger partial charge in [-0.3, -0.25) is 4.79 Å². The highest BCUT2D eigenvalue weighted by Crippen LogP contribution is 2.23. The Morgan fingerprint density at radius 3 is 2.14 bits per heavy atom. The summed E-state index contributed by atoms with van der Waals surface area (Å²) in [6.07, 6.45) is 2.43. The molecule has 0 radical (unpaired) electrons. The number of halogens is 1. The number of amides is 1. The summed E-state index contributed by atoms with van der Waals surface area (Å²) in [6, 6.07) is 12.7. The molecule has 2 aromatic carbocycles. The van der Waals surface area contributed by atoms with Crippen LogP contribution in [0.5, 0.6) is 0 Å². The highest BCUT2D eigenvalue weighted by Gasteiger charge is 2.11. The third kappa shape index (κ3) is 3.94. The lowest BCUT2D eigenvalue weighted by Crippen LogP contribution is -2.15. The van der Waals surface area contributed by atoms with Gasteiger partial charge in [-0.25, -0.2) is 4.39 Å². The van der Waals surface area contributed by atoms with E-state index in [-0.39, 0.29) is 18.1 Å². The van der Waals surface area contributed by atoms with E-state index in [2.05, 4.69) is 19.2 Å². The molecule has 1 amide bonds. The van der Waals surface area contributed by atoms with E-state index in [0.717, 1.165) is 29.7 Å². The molecule has 116 valence electrons. The number of benzene rings is 2.